The van der Waals surface area contributed by atoms with Crippen LogP contribution in [0.1, 0.15) is 25.0 Å². The lowest BCUT2D eigenvalue weighted by Crippen LogP contribution is -2.33. The molecule has 0 bridgehead atoms. The highest BCUT2D eigenvalue weighted by Gasteiger charge is 2.13. The van der Waals surface area contributed by atoms with Gasteiger partial charge in [-0.05, 0) is 49.7 Å². The lowest BCUT2D eigenvalue weighted by Gasteiger charge is -2.22. The molecule has 0 spiro atoms. The molecule has 0 radical (unpaired) electrons. The van der Waals surface area contributed by atoms with E-state index in [9.17, 15) is 4.79 Å². The van der Waals surface area contributed by atoms with Crippen molar-refractivity contribution in [3.8, 4) is 9.88 Å². The van der Waals surface area contributed by atoms with E-state index in [0.29, 0.717) is 12.3 Å². The third-order valence-corrected chi connectivity index (χ3v) is 5.83. The minimum absolute atomic E-state index is 0.0757. The SMILES string of the molecule is O=C(Cc1csc(-c2cccs2)n1)NCCC1CCCNC1. The largest absolute Gasteiger partial charge is 0.356 e. The van der Waals surface area contributed by atoms with Gasteiger partial charge in [0.15, 0.2) is 0 Å². The van der Waals surface area contributed by atoms with Crippen molar-refractivity contribution in [1.29, 1.82) is 0 Å². The molecule has 1 aliphatic rings. The van der Waals surface area contributed by atoms with Gasteiger partial charge in [0, 0.05) is 11.9 Å². The number of thiazole rings is 1. The minimum atomic E-state index is 0.0757. The summed E-state index contributed by atoms with van der Waals surface area (Å²) >= 11 is 3.29. The summed E-state index contributed by atoms with van der Waals surface area (Å²) < 4.78 is 0. The van der Waals surface area contributed by atoms with Gasteiger partial charge in [0.25, 0.3) is 0 Å². The number of aromatic nitrogens is 1. The molecule has 22 heavy (non-hydrogen) atoms. The maximum absolute atomic E-state index is 12.0. The molecule has 6 heteroatoms. The number of thiophene rings is 1. The number of rotatable bonds is 6. The lowest BCUT2D eigenvalue weighted by atomic mass is 9.96. The van der Waals surface area contributed by atoms with Gasteiger partial charge >= 0.3 is 0 Å². The standard InChI is InChI=1S/C16H21N3OS2/c20-15(18-7-5-12-3-1-6-17-10-12)9-13-11-22-16(19-13)14-4-2-8-21-14/h2,4,8,11-12,17H,1,3,5-7,9-10H2,(H,18,20). The van der Waals surface area contributed by atoms with Crippen LogP contribution in [0.25, 0.3) is 9.88 Å². The first-order valence-corrected chi connectivity index (χ1v) is 9.53. The first-order valence-electron chi connectivity index (χ1n) is 7.77. The zero-order valence-corrected chi connectivity index (χ0v) is 14.1. The van der Waals surface area contributed by atoms with Crippen LogP contribution >= 0.6 is 22.7 Å². The van der Waals surface area contributed by atoms with E-state index in [1.807, 2.05) is 16.8 Å². The van der Waals surface area contributed by atoms with Crippen LogP contribution in [-0.2, 0) is 11.2 Å². The number of hydrogen-bond donors (Lipinski definition) is 2. The molecule has 4 nitrogen and oxygen atoms in total. The van der Waals surface area contributed by atoms with Crippen molar-refractivity contribution in [2.45, 2.75) is 25.7 Å². The fourth-order valence-corrected chi connectivity index (χ4v) is 4.35. The summed E-state index contributed by atoms with van der Waals surface area (Å²) in [6.07, 6.45) is 3.98. The Morgan fingerprint density at radius 1 is 1.45 bits per heavy atom. The molecule has 3 rings (SSSR count). The van der Waals surface area contributed by atoms with E-state index in [0.717, 1.165) is 36.8 Å². The molecular weight excluding hydrogens is 314 g/mol. The van der Waals surface area contributed by atoms with E-state index in [2.05, 4.69) is 21.7 Å². The molecule has 1 amide bonds. The van der Waals surface area contributed by atoms with Crippen LogP contribution in [0.2, 0.25) is 0 Å². The van der Waals surface area contributed by atoms with Crippen LogP contribution in [0.4, 0.5) is 0 Å². The van der Waals surface area contributed by atoms with Crippen LogP contribution in [0.3, 0.4) is 0 Å². The normalized spacial score (nSPS) is 18.3. The van der Waals surface area contributed by atoms with Gasteiger partial charge in [-0.15, -0.1) is 22.7 Å². The molecule has 0 aliphatic carbocycles. The third-order valence-electron chi connectivity index (χ3n) is 3.90. The van der Waals surface area contributed by atoms with Gasteiger partial charge in [-0.25, -0.2) is 4.98 Å². The molecule has 118 valence electrons. The number of nitrogens with one attached hydrogen (secondary N) is 2. The zero-order valence-electron chi connectivity index (χ0n) is 12.5. The number of hydrogen-bond acceptors (Lipinski definition) is 5. The number of carbonyl (C=O) groups is 1. The minimum Gasteiger partial charge on any atom is -0.356 e. The van der Waals surface area contributed by atoms with Crippen molar-refractivity contribution in [3.63, 3.8) is 0 Å². The third kappa shape index (κ3) is 4.38. The van der Waals surface area contributed by atoms with Crippen molar-refractivity contribution in [2.24, 2.45) is 5.92 Å². The highest BCUT2D eigenvalue weighted by atomic mass is 32.1. The summed E-state index contributed by atoms with van der Waals surface area (Å²) in [7, 11) is 0. The van der Waals surface area contributed by atoms with E-state index in [-0.39, 0.29) is 5.91 Å². The van der Waals surface area contributed by atoms with Crippen molar-refractivity contribution in [1.82, 2.24) is 15.6 Å². The Labute approximate surface area is 139 Å². The highest BCUT2D eigenvalue weighted by Crippen LogP contribution is 2.27. The first-order chi connectivity index (χ1) is 10.8. The summed E-state index contributed by atoms with van der Waals surface area (Å²) in [4.78, 5) is 17.7. The molecule has 1 fully saturated rings. The van der Waals surface area contributed by atoms with Crippen molar-refractivity contribution in [2.75, 3.05) is 19.6 Å². The molecule has 2 aromatic heterocycles. The van der Waals surface area contributed by atoms with Gasteiger partial charge in [0.05, 0.1) is 17.0 Å². The average Bonchev–Trinajstić information content (AvgIpc) is 3.19. The van der Waals surface area contributed by atoms with Crippen LogP contribution in [0, 0.1) is 5.92 Å². The summed E-state index contributed by atoms with van der Waals surface area (Å²) in [5, 5.41) is 11.5. The smallest absolute Gasteiger partial charge is 0.226 e. The maximum Gasteiger partial charge on any atom is 0.226 e. The van der Waals surface area contributed by atoms with Crippen molar-refractivity contribution in [3.05, 3.63) is 28.6 Å². The Morgan fingerprint density at radius 2 is 2.41 bits per heavy atom. The Kier molecular flexibility index (Phi) is 5.58. The second-order valence-corrected chi connectivity index (χ2v) is 7.45. The van der Waals surface area contributed by atoms with Crippen LogP contribution < -0.4 is 10.6 Å². The van der Waals surface area contributed by atoms with Gasteiger partial charge < -0.3 is 10.6 Å². The summed E-state index contributed by atoms with van der Waals surface area (Å²) in [6.45, 7) is 3.00. The van der Waals surface area contributed by atoms with Crippen LogP contribution in [-0.4, -0.2) is 30.5 Å². The van der Waals surface area contributed by atoms with Crippen molar-refractivity contribution >= 4 is 28.6 Å². The number of nitrogens with zero attached hydrogens (tertiary/aromatic N) is 1. The second-order valence-electron chi connectivity index (χ2n) is 5.65. The molecule has 3 heterocycles. The number of amides is 1. The molecule has 2 N–H and O–H groups in total. The predicted octanol–water partition coefficient (Wildman–Crippen LogP) is 2.92. The van der Waals surface area contributed by atoms with E-state index < -0.39 is 0 Å². The van der Waals surface area contributed by atoms with Gasteiger partial charge in [0.1, 0.15) is 5.01 Å². The average molecular weight is 335 g/mol. The number of piperidine rings is 1. The topological polar surface area (TPSA) is 54.0 Å². The summed E-state index contributed by atoms with van der Waals surface area (Å²) in [5.74, 6) is 0.783. The van der Waals surface area contributed by atoms with Crippen molar-refractivity contribution < 1.29 is 4.79 Å². The van der Waals surface area contributed by atoms with E-state index in [1.165, 1.54) is 17.7 Å². The summed E-state index contributed by atoms with van der Waals surface area (Å²) in [5.41, 5.74) is 0.866. The van der Waals surface area contributed by atoms with Gasteiger partial charge in [-0.2, -0.15) is 0 Å². The Bertz CT molecular complexity index is 588. The first kappa shape index (κ1) is 15.6. The monoisotopic (exact) mass is 335 g/mol. The Balaban J connectivity index is 1.42. The molecule has 0 saturated carbocycles. The molecule has 1 aliphatic heterocycles. The van der Waals surface area contributed by atoms with Gasteiger partial charge in [0.2, 0.25) is 5.91 Å². The Hall–Kier alpha value is -1.24. The van der Waals surface area contributed by atoms with Crippen LogP contribution in [0.5, 0.6) is 0 Å². The molecule has 1 atom stereocenters. The fourth-order valence-electron chi connectivity index (χ4n) is 2.71. The van der Waals surface area contributed by atoms with E-state index >= 15 is 0 Å². The predicted molar refractivity (Wildman–Crippen MR) is 92.4 cm³/mol. The van der Waals surface area contributed by atoms with Gasteiger partial charge in [-0.3, -0.25) is 4.79 Å². The second kappa shape index (κ2) is 7.85. The Morgan fingerprint density at radius 3 is 3.18 bits per heavy atom. The highest BCUT2D eigenvalue weighted by molar-refractivity contribution is 7.20. The maximum atomic E-state index is 12.0. The molecular formula is C16H21N3OS2. The van der Waals surface area contributed by atoms with Gasteiger partial charge in [-0.1, -0.05) is 6.07 Å². The number of carbonyl (C=O) groups excluding carboxylic acids is 1. The van der Waals surface area contributed by atoms with E-state index in [1.54, 1.807) is 22.7 Å². The molecule has 1 saturated heterocycles. The lowest BCUT2D eigenvalue weighted by molar-refractivity contribution is -0.120. The molecule has 2 aromatic rings. The molecule has 0 aromatic carbocycles. The van der Waals surface area contributed by atoms with Crippen LogP contribution in [0.15, 0.2) is 22.9 Å². The molecule has 1 unspecified atom stereocenters. The summed E-state index contributed by atoms with van der Waals surface area (Å²) in [6, 6.07) is 4.08. The van der Waals surface area contributed by atoms with E-state index in [4.69, 9.17) is 0 Å². The quantitative estimate of drug-likeness (QED) is 0.853. The fraction of sp³-hybridized carbons (Fsp3) is 0.500. The zero-order chi connectivity index (χ0) is 15.2.